The highest BCUT2D eigenvalue weighted by molar-refractivity contribution is 6.31. The summed E-state index contributed by atoms with van der Waals surface area (Å²) in [6, 6.07) is 41.7. The third kappa shape index (κ3) is 28.4. The summed E-state index contributed by atoms with van der Waals surface area (Å²) in [6.45, 7) is 31.5. The number of methoxy groups -OCH3 is 1. The Kier molecular flexibility index (Phi) is 37.8. The van der Waals surface area contributed by atoms with Gasteiger partial charge in [0, 0.05) is 119 Å². The van der Waals surface area contributed by atoms with E-state index < -0.39 is 23.4 Å². The Bertz CT molecular complexity index is 6490. The van der Waals surface area contributed by atoms with Crippen LogP contribution < -0.4 is 31.9 Å². The number of fused-ring (bicyclic) bond motifs is 6. The Morgan fingerprint density at radius 2 is 1.04 bits per heavy atom. The molecule has 24 heteroatoms. The van der Waals surface area contributed by atoms with E-state index in [2.05, 4.69) is 145 Å². The number of nitrogens with zero attached hydrogens (tertiary/aromatic N) is 2. The molecule has 1 unspecified atom stereocenters. The lowest BCUT2D eigenvalue weighted by Gasteiger charge is -2.21. The summed E-state index contributed by atoms with van der Waals surface area (Å²) in [5, 5.41) is 29.1. The van der Waals surface area contributed by atoms with Gasteiger partial charge in [-0.2, -0.15) is 0 Å². The predicted octanol–water partition coefficient (Wildman–Crippen LogP) is 18.3. The number of aryl methyl sites for hydroxylation is 6. The van der Waals surface area contributed by atoms with Gasteiger partial charge in [0.1, 0.15) is 0 Å². The van der Waals surface area contributed by atoms with Crippen LogP contribution in [0.25, 0.3) is 44.1 Å². The number of Topliss-reactive ketones (excluding diaryl/α,β-unsaturated/α-hetero) is 2. The zero-order valence-electron chi connectivity index (χ0n) is 80.4. The van der Waals surface area contributed by atoms with E-state index in [1.54, 1.807) is 51.1 Å². The van der Waals surface area contributed by atoms with Crippen molar-refractivity contribution in [3.63, 3.8) is 0 Å². The molecule has 5 aliphatic carbocycles. The number of hydrogen-bond donors (Lipinski definition) is 7. The number of aromatic nitrogens is 2. The van der Waals surface area contributed by atoms with Crippen LogP contribution >= 0.6 is 11.6 Å². The molecule has 0 spiro atoms. The number of carbonyl (C=O) groups excluding carboxylic acids is 12. The number of carbonyl (C=O) groups is 12. The number of halogens is 2. The van der Waals surface area contributed by atoms with Crippen LogP contribution in [0.15, 0.2) is 222 Å². The zero-order valence-corrected chi connectivity index (χ0v) is 81.1. The summed E-state index contributed by atoms with van der Waals surface area (Å²) < 4.78 is 22.8. The minimum Gasteiger partial charge on any atom is -0.505 e. The molecule has 0 radical (unpaired) electrons. The van der Waals surface area contributed by atoms with Crippen molar-refractivity contribution >= 4 is 126 Å². The molecular weight excluding hydrogens is 1720 g/mol. The van der Waals surface area contributed by atoms with Crippen LogP contribution in [-0.4, -0.2) is 130 Å². The normalized spacial score (nSPS) is 13.9. The maximum Gasteiger partial charge on any atom is 0.330 e. The molecule has 7 N–H and O–H groups in total. The number of phenolic OH excluding ortho intramolecular Hbond substituents is 1. The van der Waals surface area contributed by atoms with Crippen molar-refractivity contribution in [2.24, 2.45) is 7.05 Å². The fourth-order valence-electron chi connectivity index (χ4n) is 16.5. The first kappa shape index (κ1) is 104. The smallest absolute Gasteiger partial charge is 0.330 e. The lowest BCUT2D eigenvalue weighted by Crippen LogP contribution is -2.35. The Balaban J connectivity index is 0.000000182. The number of benzene rings is 7. The number of ether oxygens (including phenoxy) is 1. The molecule has 0 bridgehead atoms. The van der Waals surface area contributed by atoms with Gasteiger partial charge in [-0.3, -0.25) is 52.7 Å². The van der Waals surface area contributed by atoms with Crippen molar-refractivity contribution in [2.45, 2.75) is 175 Å². The number of esters is 1. The average Bonchev–Trinajstić information content (AvgIpc) is 1.77. The number of phenols is 1. The lowest BCUT2D eigenvalue weighted by atomic mass is 9.93. The lowest BCUT2D eigenvalue weighted by molar-refractivity contribution is -0.135. The van der Waals surface area contributed by atoms with Crippen LogP contribution in [0.2, 0.25) is 5.02 Å². The first-order valence-corrected chi connectivity index (χ1v) is 45.4. The Labute approximate surface area is 794 Å². The minimum absolute atomic E-state index is 0.00342. The number of amides is 6. The topological polar surface area (TPSA) is 316 Å². The second kappa shape index (κ2) is 48.9. The molecule has 22 nitrogen and oxygen atoms in total. The van der Waals surface area contributed by atoms with Crippen LogP contribution in [0, 0.1) is 54.3 Å². The van der Waals surface area contributed by atoms with Crippen LogP contribution in [0.4, 0.5) is 4.39 Å². The van der Waals surface area contributed by atoms with E-state index in [1.807, 2.05) is 97.1 Å². The molecule has 2 heterocycles. The first-order valence-electron chi connectivity index (χ1n) is 45.0. The van der Waals surface area contributed by atoms with Gasteiger partial charge in [-0.15, -0.1) is 0 Å². The predicted molar refractivity (Wildman–Crippen MR) is 534 cm³/mol. The maximum atomic E-state index is 14.1. The Hall–Kier alpha value is -14.3. The van der Waals surface area contributed by atoms with Gasteiger partial charge in [0.2, 0.25) is 5.91 Å². The molecule has 9 aromatic rings. The van der Waals surface area contributed by atoms with Crippen molar-refractivity contribution in [3.05, 3.63) is 333 Å². The van der Waals surface area contributed by atoms with Gasteiger partial charge in [-0.05, 0) is 289 Å². The summed E-state index contributed by atoms with van der Waals surface area (Å²) in [5.41, 5.74) is 27.5. The average molecular weight is 1850 g/mol. The molecule has 14 rings (SSSR count). The van der Waals surface area contributed by atoms with E-state index in [9.17, 15) is 67.0 Å². The van der Waals surface area contributed by atoms with E-state index in [0.29, 0.717) is 78.4 Å². The number of rotatable bonds is 26. The molecule has 7 aromatic carbocycles. The van der Waals surface area contributed by atoms with Gasteiger partial charge in [0.25, 0.3) is 29.5 Å². The largest absolute Gasteiger partial charge is 0.505 e. The number of aromatic hydroxyl groups is 1. The molecule has 0 saturated heterocycles. The van der Waals surface area contributed by atoms with Crippen LogP contribution in [-0.2, 0) is 92.0 Å². The van der Waals surface area contributed by atoms with Crippen LogP contribution in [0.3, 0.4) is 0 Å². The van der Waals surface area contributed by atoms with Crippen molar-refractivity contribution in [3.8, 4) is 5.75 Å². The van der Waals surface area contributed by atoms with Crippen molar-refractivity contribution in [2.75, 3.05) is 39.8 Å². The van der Waals surface area contributed by atoms with Gasteiger partial charge in [0.15, 0.2) is 40.5 Å². The van der Waals surface area contributed by atoms with Gasteiger partial charge in [-0.25, -0.2) is 9.18 Å². The summed E-state index contributed by atoms with van der Waals surface area (Å²) >= 11 is 6.00. The molecule has 0 saturated carbocycles. The number of nitrogens with one attached hydrogen (secondary N) is 6. The van der Waals surface area contributed by atoms with Gasteiger partial charge < -0.3 is 50.9 Å². The molecule has 1 atom stereocenters. The van der Waals surface area contributed by atoms with E-state index in [0.717, 1.165) is 127 Å². The quantitative estimate of drug-likeness (QED) is 0.0196. The zero-order chi connectivity index (χ0) is 98.8. The molecular formula is C111H122ClFN8O14. The van der Waals surface area contributed by atoms with Crippen LogP contribution in [0.5, 0.6) is 5.75 Å². The molecule has 704 valence electrons. The third-order valence-corrected chi connectivity index (χ3v) is 24.1. The fourth-order valence-corrected chi connectivity index (χ4v) is 16.7. The van der Waals surface area contributed by atoms with Crippen LogP contribution in [0.1, 0.15) is 198 Å². The molecule has 0 aliphatic heterocycles. The molecule has 6 amide bonds. The van der Waals surface area contributed by atoms with Crippen molar-refractivity contribution < 1.29 is 71.8 Å². The number of ketones is 5. The highest BCUT2D eigenvalue weighted by Gasteiger charge is 2.31. The second-order valence-electron chi connectivity index (χ2n) is 34.5. The van der Waals surface area contributed by atoms with Crippen molar-refractivity contribution in [1.29, 1.82) is 0 Å². The minimum atomic E-state index is -0.770. The first-order chi connectivity index (χ1) is 64.2. The number of hydrogen-bond acceptors (Lipinski definition) is 14. The maximum absolute atomic E-state index is 14.1. The highest BCUT2D eigenvalue weighted by atomic mass is 35.5. The Morgan fingerprint density at radius 1 is 0.519 bits per heavy atom. The second-order valence-corrected chi connectivity index (χ2v) is 34.9. The Morgan fingerprint density at radius 3 is 1.66 bits per heavy atom. The third-order valence-electron chi connectivity index (χ3n) is 23.9. The summed E-state index contributed by atoms with van der Waals surface area (Å²) in [6.07, 6.45) is 23.6. The van der Waals surface area contributed by atoms with E-state index >= 15 is 0 Å². The van der Waals surface area contributed by atoms with Gasteiger partial charge >= 0.3 is 5.97 Å². The molecule has 5 aliphatic rings. The van der Waals surface area contributed by atoms with Gasteiger partial charge in [-0.1, -0.05) is 172 Å². The molecule has 0 fully saturated rings. The van der Waals surface area contributed by atoms with E-state index in [-0.39, 0.29) is 82.2 Å². The molecule has 2 aromatic heterocycles. The summed E-state index contributed by atoms with van der Waals surface area (Å²) in [7, 11) is 3.30. The summed E-state index contributed by atoms with van der Waals surface area (Å²) in [4.78, 5) is 141. The van der Waals surface area contributed by atoms with E-state index in [1.165, 1.54) is 116 Å². The summed E-state index contributed by atoms with van der Waals surface area (Å²) in [5.74, 6) is -2.55. The van der Waals surface area contributed by atoms with E-state index in [4.69, 9.17) is 11.6 Å². The number of allylic oxidation sites excluding steroid dienone is 9. The standard InChI is InChI=1S/C23H24N2O2.C20H24N2O2.C19H23NO2.C17H19NO3.C16H16ClNO2.C16H16FNO3/c1-16-11-12-21-20(14-16)22(23(27)24-13-7-8-17(2)26)18(3)25(21)15-19-9-5-4-6-10-19;1-12-8-9-18-17(10-12)19(13(2)22(18)4)20(24)21-16-7-5-6-15(11-16)14(3)23;1-12-5-6-16-10-14(3)17(18(16)9-12)11-19(22)20-8-7-13(2)15(4)21;1-11-9-13-6-7-14(15(13)10-12(11)2)17(20)18-8-4-5-16(19)21-3;1-10-8-12-5-6-13(17)9-14(12)15(10)16(20)18-7-3-4-11(2)19;1-9-8-11-5-6-12(20)15(17)14(11)13(9)16(21)18-7-3-4-10(2)19/h4-12,14H,13,15H2,1-3H3,(H,24,27);8-11,16H,5-7H2,1-4H3,(H,21,24);5-7,9H,8,10-11H2,1-4H3,(H,20,22);4-5,7,9-10H,6,8H2,1-3H3,(H,18,20);3-6,9H,7-8H2,1-2H3,(H,18,20);3-6,20H,7-8H2,1-2H3,(H,18,21)/b8-7+;;13-7-;5-4+;2*4-3+. The SMILES string of the molecule is CC(=O)/C(C)=C\CNC(=O)CC1=C(C)Cc2ccc(C)cc21.CC(=O)/C=C/CNC(=O)C1=C(C)Cc2ccc(Cl)cc21.CC(=O)/C=C/CNC(=O)C1=C(C)Cc2ccc(O)c(F)c21.CC(=O)/C=C/CNC(=O)c1c(C)n(Cc2ccccc2)c2ccc(C)cc12.CC(=O)C1=CC(NC(=O)c2c(C)n(C)c3ccc(C)cc23)CCC1.COC(=O)/C=C/CNC(=O)C1=CCc2cc(C)c(C)cc21. The molecule has 135 heavy (non-hydrogen) atoms. The monoisotopic (exact) mass is 1840 g/mol. The highest BCUT2D eigenvalue weighted by Crippen LogP contribution is 2.40. The van der Waals surface area contributed by atoms with Gasteiger partial charge in [0.05, 0.1) is 24.7 Å². The fraction of sp³-hybridized carbons (Fsp3) is 0.297. The van der Waals surface area contributed by atoms with Crippen molar-refractivity contribution in [1.82, 2.24) is 41.0 Å².